The minimum atomic E-state index is 0. The number of halogens is 1. The first-order valence-electron chi connectivity index (χ1n) is 6.22. The van der Waals surface area contributed by atoms with Crippen molar-refractivity contribution in [1.82, 2.24) is 10.6 Å². The molecule has 0 saturated heterocycles. The van der Waals surface area contributed by atoms with E-state index in [-0.39, 0.29) is 24.0 Å². The monoisotopic (exact) mass is 389 g/mol. The Bertz CT molecular complexity index is 204. The summed E-state index contributed by atoms with van der Waals surface area (Å²) < 4.78 is 5.52. The van der Waals surface area contributed by atoms with Crippen molar-refractivity contribution in [3.05, 3.63) is 0 Å². The van der Waals surface area contributed by atoms with Crippen molar-refractivity contribution in [2.45, 2.75) is 20.3 Å². The maximum Gasteiger partial charge on any atom is 0.191 e. The van der Waals surface area contributed by atoms with E-state index in [1.165, 1.54) is 0 Å². The molecule has 110 valence electrons. The highest BCUT2D eigenvalue weighted by atomic mass is 127. The molecule has 0 aliphatic rings. The third-order valence-corrected chi connectivity index (χ3v) is 2.81. The number of nitrogens with zero attached hydrogens (tertiary/aromatic N) is 1. The Morgan fingerprint density at radius 3 is 2.44 bits per heavy atom. The summed E-state index contributed by atoms with van der Waals surface area (Å²) in [6.45, 7) is 7.73. The first-order valence-corrected chi connectivity index (χ1v) is 7.61. The summed E-state index contributed by atoms with van der Waals surface area (Å²) in [5.74, 6) is 2.65. The van der Waals surface area contributed by atoms with Gasteiger partial charge in [0.05, 0.1) is 6.61 Å². The van der Waals surface area contributed by atoms with E-state index < -0.39 is 0 Å². The first kappa shape index (κ1) is 20.6. The fourth-order valence-corrected chi connectivity index (χ4v) is 1.46. The molecule has 0 aliphatic heterocycles. The minimum absolute atomic E-state index is 0. The summed E-state index contributed by atoms with van der Waals surface area (Å²) in [6.07, 6.45) is 3.22. The SMILES string of the molecule is CN=C(NCCOCCC(C)C)NCCSC.I. The Kier molecular flexibility index (Phi) is 17.6. The smallest absolute Gasteiger partial charge is 0.191 e. The van der Waals surface area contributed by atoms with Crippen LogP contribution in [0.3, 0.4) is 0 Å². The van der Waals surface area contributed by atoms with Crippen LogP contribution in [0.15, 0.2) is 4.99 Å². The maximum atomic E-state index is 5.52. The zero-order valence-corrected chi connectivity index (χ0v) is 15.1. The van der Waals surface area contributed by atoms with Crippen molar-refractivity contribution in [2.75, 3.05) is 45.4 Å². The van der Waals surface area contributed by atoms with Gasteiger partial charge in [0.1, 0.15) is 0 Å². The van der Waals surface area contributed by atoms with E-state index in [0.717, 1.165) is 44.4 Å². The number of rotatable bonds is 9. The van der Waals surface area contributed by atoms with Crippen LogP contribution in [-0.4, -0.2) is 51.3 Å². The second-order valence-corrected chi connectivity index (χ2v) is 5.20. The molecule has 0 aromatic carbocycles. The first-order chi connectivity index (χ1) is 8.20. The molecule has 0 saturated carbocycles. The van der Waals surface area contributed by atoms with Crippen LogP contribution in [0.1, 0.15) is 20.3 Å². The number of ether oxygens (including phenoxy) is 1. The summed E-state index contributed by atoms with van der Waals surface area (Å²) >= 11 is 1.82. The molecule has 0 fully saturated rings. The number of guanidine groups is 1. The lowest BCUT2D eigenvalue weighted by Gasteiger charge is -2.11. The summed E-state index contributed by atoms with van der Waals surface area (Å²) in [5, 5.41) is 6.46. The van der Waals surface area contributed by atoms with E-state index in [1.807, 2.05) is 11.8 Å². The summed E-state index contributed by atoms with van der Waals surface area (Å²) in [4.78, 5) is 4.14. The molecule has 0 radical (unpaired) electrons. The third-order valence-electron chi connectivity index (χ3n) is 2.20. The molecule has 0 aromatic heterocycles. The van der Waals surface area contributed by atoms with Crippen molar-refractivity contribution in [2.24, 2.45) is 10.9 Å². The normalized spacial score (nSPS) is 11.3. The second-order valence-electron chi connectivity index (χ2n) is 4.21. The summed E-state index contributed by atoms with van der Waals surface area (Å²) in [6, 6.07) is 0. The molecule has 0 bridgehead atoms. The Labute approximate surface area is 133 Å². The largest absolute Gasteiger partial charge is 0.380 e. The molecule has 6 heteroatoms. The van der Waals surface area contributed by atoms with Gasteiger partial charge in [0.2, 0.25) is 0 Å². The van der Waals surface area contributed by atoms with Gasteiger partial charge >= 0.3 is 0 Å². The molecular formula is C12H28IN3OS. The lowest BCUT2D eigenvalue weighted by atomic mass is 10.1. The highest BCUT2D eigenvalue weighted by molar-refractivity contribution is 14.0. The van der Waals surface area contributed by atoms with E-state index in [0.29, 0.717) is 5.92 Å². The quantitative estimate of drug-likeness (QED) is 0.275. The summed E-state index contributed by atoms with van der Waals surface area (Å²) in [5.41, 5.74) is 0. The molecule has 0 spiro atoms. The molecule has 18 heavy (non-hydrogen) atoms. The molecule has 4 nitrogen and oxygen atoms in total. The molecule has 0 rings (SSSR count). The number of nitrogens with one attached hydrogen (secondary N) is 2. The van der Waals surface area contributed by atoms with Crippen molar-refractivity contribution < 1.29 is 4.74 Å². The highest BCUT2D eigenvalue weighted by Crippen LogP contribution is 1.98. The second kappa shape index (κ2) is 15.4. The Morgan fingerprint density at radius 2 is 1.89 bits per heavy atom. The Morgan fingerprint density at radius 1 is 1.22 bits per heavy atom. The zero-order valence-electron chi connectivity index (χ0n) is 12.0. The van der Waals surface area contributed by atoms with Crippen molar-refractivity contribution in [3.8, 4) is 0 Å². The molecule has 0 aliphatic carbocycles. The van der Waals surface area contributed by atoms with Crippen molar-refractivity contribution >= 4 is 41.7 Å². The summed E-state index contributed by atoms with van der Waals surface area (Å²) in [7, 11) is 1.79. The predicted molar refractivity (Wildman–Crippen MR) is 93.4 cm³/mol. The topological polar surface area (TPSA) is 45.7 Å². The maximum absolute atomic E-state index is 5.52. The molecule has 0 atom stereocenters. The fraction of sp³-hybridized carbons (Fsp3) is 0.917. The Balaban J connectivity index is 0. The van der Waals surface area contributed by atoms with Gasteiger partial charge in [0, 0.05) is 32.5 Å². The van der Waals surface area contributed by atoms with Crippen LogP contribution < -0.4 is 10.6 Å². The average Bonchev–Trinajstić information content (AvgIpc) is 2.31. The molecular weight excluding hydrogens is 361 g/mol. The third kappa shape index (κ3) is 14.4. The lowest BCUT2D eigenvalue weighted by Crippen LogP contribution is -2.39. The molecule has 0 amide bonds. The fourth-order valence-electron chi connectivity index (χ4n) is 1.15. The van der Waals surface area contributed by atoms with Gasteiger partial charge in [-0.1, -0.05) is 13.8 Å². The van der Waals surface area contributed by atoms with E-state index in [9.17, 15) is 0 Å². The van der Waals surface area contributed by atoms with Gasteiger partial charge in [-0.05, 0) is 18.6 Å². The standard InChI is InChI=1S/C12H27N3OS.HI/c1-11(2)5-8-16-9-6-14-12(13-3)15-7-10-17-4;/h11H,5-10H2,1-4H3,(H2,13,14,15);1H. The van der Waals surface area contributed by atoms with E-state index in [1.54, 1.807) is 7.05 Å². The zero-order chi connectivity index (χ0) is 12.9. The van der Waals surface area contributed by atoms with Crippen LogP contribution in [0.25, 0.3) is 0 Å². The number of hydrogen-bond acceptors (Lipinski definition) is 3. The van der Waals surface area contributed by atoms with E-state index in [2.05, 4.69) is 35.7 Å². The molecule has 0 aromatic rings. The van der Waals surface area contributed by atoms with Crippen LogP contribution >= 0.6 is 35.7 Å². The molecule has 2 N–H and O–H groups in total. The molecule has 0 unspecified atom stereocenters. The van der Waals surface area contributed by atoms with Crippen molar-refractivity contribution in [1.29, 1.82) is 0 Å². The van der Waals surface area contributed by atoms with Gasteiger partial charge in [-0.3, -0.25) is 4.99 Å². The number of hydrogen-bond donors (Lipinski definition) is 2. The van der Waals surface area contributed by atoms with Gasteiger partial charge in [-0.15, -0.1) is 24.0 Å². The predicted octanol–water partition coefficient (Wildman–Crippen LogP) is 2.20. The van der Waals surface area contributed by atoms with Gasteiger partial charge < -0.3 is 15.4 Å². The van der Waals surface area contributed by atoms with E-state index >= 15 is 0 Å². The van der Waals surface area contributed by atoms with Gasteiger partial charge in [0.15, 0.2) is 5.96 Å². The van der Waals surface area contributed by atoms with Crippen LogP contribution in [0.2, 0.25) is 0 Å². The number of aliphatic imine (C=N–C) groups is 1. The molecule has 0 heterocycles. The Hall–Kier alpha value is 0.310. The van der Waals surface area contributed by atoms with Crippen LogP contribution in [0.4, 0.5) is 0 Å². The van der Waals surface area contributed by atoms with E-state index in [4.69, 9.17) is 4.74 Å². The van der Waals surface area contributed by atoms with Crippen LogP contribution in [-0.2, 0) is 4.74 Å². The van der Waals surface area contributed by atoms with Crippen LogP contribution in [0.5, 0.6) is 0 Å². The van der Waals surface area contributed by atoms with Crippen LogP contribution in [0, 0.1) is 5.92 Å². The van der Waals surface area contributed by atoms with Gasteiger partial charge in [0.25, 0.3) is 0 Å². The lowest BCUT2D eigenvalue weighted by molar-refractivity contribution is 0.128. The average molecular weight is 389 g/mol. The van der Waals surface area contributed by atoms with Gasteiger partial charge in [-0.2, -0.15) is 11.8 Å². The minimum Gasteiger partial charge on any atom is -0.380 e. The highest BCUT2D eigenvalue weighted by Gasteiger charge is 1.97. The van der Waals surface area contributed by atoms with Crippen molar-refractivity contribution in [3.63, 3.8) is 0 Å². The number of thioether (sulfide) groups is 1. The van der Waals surface area contributed by atoms with Gasteiger partial charge in [-0.25, -0.2) is 0 Å².